The molecule has 2 aromatic carbocycles. The van der Waals surface area contributed by atoms with Gasteiger partial charge in [0.2, 0.25) is 5.91 Å². The van der Waals surface area contributed by atoms with Crippen LogP contribution in [0.4, 0.5) is 11.4 Å². The van der Waals surface area contributed by atoms with Crippen LogP contribution in [0.3, 0.4) is 0 Å². The van der Waals surface area contributed by atoms with Crippen LogP contribution >= 0.6 is 23.2 Å². The summed E-state index contributed by atoms with van der Waals surface area (Å²) < 4.78 is 0. The molecule has 0 fully saturated rings. The lowest BCUT2D eigenvalue weighted by Crippen LogP contribution is -2.14. The fourth-order valence-corrected chi connectivity index (χ4v) is 2.48. The van der Waals surface area contributed by atoms with E-state index in [9.17, 15) is 9.59 Å². The smallest absolute Gasteiger partial charge is 0.257 e. The zero-order valence-corrected chi connectivity index (χ0v) is 14.9. The number of amides is 2. The van der Waals surface area contributed by atoms with Gasteiger partial charge in [-0.15, -0.1) is 0 Å². The summed E-state index contributed by atoms with van der Waals surface area (Å²) in [6.45, 7) is 3.97. The lowest BCUT2D eigenvalue weighted by atomic mass is 10.1. The molecule has 2 amide bonds. The number of hydrogen-bond acceptors (Lipinski definition) is 2. The van der Waals surface area contributed by atoms with Crippen molar-refractivity contribution in [1.29, 1.82) is 0 Å². The summed E-state index contributed by atoms with van der Waals surface area (Å²) in [6, 6.07) is 11.8. The van der Waals surface area contributed by atoms with Crippen LogP contribution in [-0.4, -0.2) is 11.8 Å². The number of carbonyl (C=O) groups excluding carboxylic acids is 2. The van der Waals surface area contributed by atoms with E-state index in [-0.39, 0.29) is 16.8 Å². The molecule has 4 nitrogen and oxygen atoms in total. The molecule has 126 valence electrons. The SMILES string of the molecule is CC(C)CC(=O)Nc1ccc(NC(=O)c2cccc(Cl)c2Cl)cc1. The summed E-state index contributed by atoms with van der Waals surface area (Å²) in [7, 11) is 0. The summed E-state index contributed by atoms with van der Waals surface area (Å²) in [4.78, 5) is 24.0. The Kier molecular flexibility index (Phi) is 6.23. The van der Waals surface area contributed by atoms with Crippen molar-refractivity contribution < 1.29 is 9.59 Å². The Morgan fingerprint density at radius 3 is 2.12 bits per heavy atom. The number of hydrogen-bond donors (Lipinski definition) is 2. The van der Waals surface area contributed by atoms with Crippen LogP contribution in [0.25, 0.3) is 0 Å². The van der Waals surface area contributed by atoms with Gasteiger partial charge in [0, 0.05) is 17.8 Å². The van der Waals surface area contributed by atoms with Gasteiger partial charge < -0.3 is 10.6 Å². The molecule has 0 heterocycles. The molecule has 0 radical (unpaired) electrons. The van der Waals surface area contributed by atoms with Crippen LogP contribution in [-0.2, 0) is 4.79 Å². The van der Waals surface area contributed by atoms with E-state index in [1.165, 1.54) is 0 Å². The van der Waals surface area contributed by atoms with Crippen molar-refractivity contribution in [3.63, 3.8) is 0 Å². The molecule has 0 atom stereocenters. The maximum atomic E-state index is 12.2. The van der Waals surface area contributed by atoms with Crippen LogP contribution in [0.1, 0.15) is 30.6 Å². The van der Waals surface area contributed by atoms with Crippen molar-refractivity contribution >= 4 is 46.4 Å². The Labute approximate surface area is 151 Å². The van der Waals surface area contributed by atoms with E-state index in [2.05, 4.69) is 10.6 Å². The van der Waals surface area contributed by atoms with Gasteiger partial charge in [-0.25, -0.2) is 0 Å². The fraction of sp³-hybridized carbons (Fsp3) is 0.222. The highest BCUT2D eigenvalue weighted by Gasteiger charge is 2.13. The summed E-state index contributed by atoms with van der Waals surface area (Å²) in [6.07, 6.45) is 0.464. The number of halogens is 2. The monoisotopic (exact) mass is 364 g/mol. The number of anilines is 2. The molecular formula is C18H18Cl2N2O2. The van der Waals surface area contributed by atoms with Gasteiger partial charge >= 0.3 is 0 Å². The van der Waals surface area contributed by atoms with Crippen molar-refractivity contribution in [2.75, 3.05) is 10.6 Å². The van der Waals surface area contributed by atoms with Gasteiger partial charge in [0.15, 0.2) is 0 Å². The van der Waals surface area contributed by atoms with Gasteiger partial charge in [0.25, 0.3) is 5.91 Å². The van der Waals surface area contributed by atoms with E-state index >= 15 is 0 Å². The second-order valence-electron chi connectivity index (χ2n) is 5.78. The Bertz CT molecular complexity index is 743. The molecule has 0 saturated carbocycles. The average molecular weight is 365 g/mol. The summed E-state index contributed by atoms with van der Waals surface area (Å²) in [5.74, 6) is -0.0856. The zero-order chi connectivity index (χ0) is 17.7. The Balaban J connectivity index is 2.02. The van der Waals surface area contributed by atoms with Crippen LogP contribution < -0.4 is 10.6 Å². The highest BCUT2D eigenvalue weighted by atomic mass is 35.5. The molecule has 0 unspecified atom stereocenters. The van der Waals surface area contributed by atoms with Gasteiger partial charge in [-0.05, 0) is 42.3 Å². The quantitative estimate of drug-likeness (QED) is 0.762. The number of rotatable bonds is 5. The lowest BCUT2D eigenvalue weighted by Gasteiger charge is -2.10. The third-order valence-electron chi connectivity index (χ3n) is 3.22. The number of carbonyl (C=O) groups is 2. The summed E-state index contributed by atoms with van der Waals surface area (Å²) in [5, 5.41) is 6.10. The van der Waals surface area contributed by atoms with Gasteiger partial charge in [-0.3, -0.25) is 9.59 Å². The zero-order valence-electron chi connectivity index (χ0n) is 13.4. The first-order valence-corrected chi connectivity index (χ1v) is 8.27. The Morgan fingerprint density at radius 2 is 1.54 bits per heavy atom. The first kappa shape index (κ1) is 18.3. The summed E-state index contributed by atoms with van der Waals surface area (Å²) in [5.41, 5.74) is 1.58. The molecule has 6 heteroatoms. The van der Waals surface area contributed by atoms with E-state index in [1.807, 2.05) is 13.8 Å². The first-order chi connectivity index (χ1) is 11.4. The maximum absolute atomic E-state index is 12.2. The highest BCUT2D eigenvalue weighted by molar-refractivity contribution is 6.44. The molecule has 2 rings (SSSR count). The van der Waals surface area contributed by atoms with Crippen LogP contribution in [0.5, 0.6) is 0 Å². The summed E-state index contributed by atoms with van der Waals surface area (Å²) >= 11 is 12.0. The molecule has 24 heavy (non-hydrogen) atoms. The normalized spacial score (nSPS) is 10.5. The van der Waals surface area contributed by atoms with E-state index < -0.39 is 0 Å². The van der Waals surface area contributed by atoms with Crippen molar-refractivity contribution in [2.45, 2.75) is 20.3 Å². The van der Waals surface area contributed by atoms with Gasteiger partial charge in [0.05, 0.1) is 15.6 Å². The van der Waals surface area contributed by atoms with Crippen LogP contribution in [0, 0.1) is 5.92 Å². The third-order valence-corrected chi connectivity index (χ3v) is 4.04. The Hall–Kier alpha value is -2.04. The fourth-order valence-electron chi connectivity index (χ4n) is 2.10. The topological polar surface area (TPSA) is 58.2 Å². The first-order valence-electron chi connectivity index (χ1n) is 7.52. The third kappa shape index (κ3) is 4.98. The highest BCUT2D eigenvalue weighted by Crippen LogP contribution is 2.26. The van der Waals surface area contributed by atoms with E-state index in [1.54, 1.807) is 42.5 Å². The molecular weight excluding hydrogens is 347 g/mol. The molecule has 0 aliphatic rings. The van der Waals surface area contributed by atoms with Crippen molar-refractivity contribution in [3.05, 3.63) is 58.1 Å². The molecule has 0 saturated heterocycles. The van der Waals surface area contributed by atoms with Gasteiger partial charge in [-0.1, -0.05) is 43.1 Å². The van der Waals surface area contributed by atoms with Gasteiger partial charge in [-0.2, -0.15) is 0 Å². The standard InChI is InChI=1S/C18H18Cl2N2O2/c1-11(2)10-16(23)21-12-6-8-13(9-7-12)22-18(24)14-4-3-5-15(19)17(14)20/h3-9,11H,10H2,1-2H3,(H,21,23)(H,22,24). The molecule has 2 N–H and O–H groups in total. The minimum absolute atomic E-state index is 0.0347. The molecule has 0 aliphatic carbocycles. The largest absolute Gasteiger partial charge is 0.326 e. The maximum Gasteiger partial charge on any atom is 0.257 e. The average Bonchev–Trinajstić information content (AvgIpc) is 2.51. The second kappa shape index (κ2) is 8.18. The lowest BCUT2D eigenvalue weighted by molar-refractivity contribution is -0.116. The predicted molar refractivity (Wildman–Crippen MR) is 98.9 cm³/mol. The van der Waals surface area contributed by atoms with E-state index in [0.29, 0.717) is 34.3 Å². The van der Waals surface area contributed by atoms with E-state index in [4.69, 9.17) is 23.2 Å². The minimum Gasteiger partial charge on any atom is -0.326 e. The van der Waals surface area contributed by atoms with Crippen LogP contribution in [0.2, 0.25) is 10.0 Å². The number of benzene rings is 2. The number of nitrogens with one attached hydrogen (secondary N) is 2. The van der Waals surface area contributed by atoms with Gasteiger partial charge in [0.1, 0.15) is 0 Å². The molecule has 0 aromatic heterocycles. The van der Waals surface area contributed by atoms with Crippen molar-refractivity contribution in [1.82, 2.24) is 0 Å². The molecule has 0 spiro atoms. The predicted octanol–water partition coefficient (Wildman–Crippen LogP) is 5.23. The van der Waals surface area contributed by atoms with Crippen LogP contribution in [0.15, 0.2) is 42.5 Å². The molecule has 0 aliphatic heterocycles. The molecule has 2 aromatic rings. The Morgan fingerprint density at radius 1 is 0.958 bits per heavy atom. The second-order valence-corrected chi connectivity index (χ2v) is 6.56. The van der Waals surface area contributed by atoms with E-state index in [0.717, 1.165) is 0 Å². The molecule has 0 bridgehead atoms. The van der Waals surface area contributed by atoms with Crippen molar-refractivity contribution in [3.8, 4) is 0 Å². The minimum atomic E-state index is -0.348. The van der Waals surface area contributed by atoms with Crippen molar-refractivity contribution in [2.24, 2.45) is 5.92 Å².